The van der Waals surface area contributed by atoms with Crippen LogP contribution in [0.2, 0.25) is 5.02 Å². The third kappa shape index (κ3) is 5.88. The van der Waals surface area contributed by atoms with Gasteiger partial charge in [0.25, 0.3) is 0 Å². The minimum atomic E-state index is -4.45. The monoisotopic (exact) mass is 414 g/mol. The number of carbonyl (C=O) groups is 2. The van der Waals surface area contributed by atoms with Gasteiger partial charge in [0, 0.05) is 6.42 Å². The smallest absolute Gasteiger partial charge is 0.416 e. The summed E-state index contributed by atoms with van der Waals surface area (Å²) < 4.78 is 42.8. The van der Waals surface area contributed by atoms with Crippen LogP contribution in [0.5, 0.6) is 5.75 Å². The van der Waals surface area contributed by atoms with Crippen LogP contribution in [0, 0.1) is 0 Å². The van der Waals surface area contributed by atoms with Crippen LogP contribution in [0.3, 0.4) is 0 Å². The Bertz CT molecular complexity index is 854. The first-order valence-electron chi connectivity index (χ1n) is 8.17. The van der Waals surface area contributed by atoms with E-state index in [1.165, 1.54) is 19.2 Å². The molecule has 0 saturated carbocycles. The van der Waals surface area contributed by atoms with Crippen molar-refractivity contribution in [2.24, 2.45) is 5.73 Å². The Morgan fingerprint density at radius 3 is 2.25 bits per heavy atom. The van der Waals surface area contributed by atoms with Gasteiger partial charge in [0.2, 0.25) is 11.8 Å². The van der Waals surface area contributed by atoms with Crippen molar-refractivity contribution < 1.29 is 27.5 Å². The molecule has 0 aliphatic heterocycles. The van der Waals surface area contributed by atoms with Crippen LogP contribution in [-0.2, 0) is 28.6 Å². The number of methoxy groups -OCH3 is 1. The van der Waals surface area contributed by atoms with Gasteiger partial charge in [-0.1, -0.05) is 29.8 Å². The standard InChI is InChI=1S/C19H18ClF3N2O3/c1-28-16-7-4-12(8-14(16)20)9-15(18(24)27)25-17(26)10-11-2-5-13(6-3-11)19(21,22)23/h2-8,15H,9-10H2,1H3,(H2,24,27)(H,25,26)/t15-/m0/s1. The molecular formula is C19H18ClF3N2O3. The molecule has 1 atom stereocenters. The zero-order chi connectivity index (χ0) is 20.9. The highest BCUT2D eigenvalue weighted by Crippen LogP contribution is 2.29. The third-order valence-corrected chi connectivity index (χ3v) is 4.28. The lowest BCUT2D eigenvalue weighted by atomic mass is 10.0. The van der Waals surface area contributed by atoms with Gasteiger partial charge in [-0.2, -0.15) is 13.2 Å². The molecule has 0 aromatic heterocycles. The van der Waals surface area contributed by atoms with Gasteiger partial charge >= 0.3 is 6.18 Å². The van der Waals surface area contributed by atoms with Gasteiger partial charge in [0.05, 0.1) is 24.1 Å². The van der Waals surface area contributed by atoms with Crippen LogP contribution in [0.15, 0.2) is 42.5 Å². The van der Waals surface area contributed by atoms with E-state index in [1.54, 1.807) is 18.2 Å². The van der Waals surface area contributed by atoms with Gasteiger partial charge in [0.15, 0.2) is 0 Å². The molecule has 3 N–H and O–H groups in total. The maximum absolute atomic E-state index is 12.6. The highest BCUT2D eigenvalue weighted by atomic mass is 35.5. The summed E-state index contributed by atoms with van der Waals surface area (Å²) in [5.74, 6) is -0.816. The van der Waals surface area contributed by atoms with E-state index in [4.69, 9.17) is 22.1 Å². The van der Waals surface area contributed by atoms with Crippen molar-refractivity contribution in [3.05, 3.63) is 64.2 Å². The molecule has 0 fully saturated rings. The topological polar surface area (TPSA) is 81.4 Å². The van der Waals surface area contributed by atoms with Gasteiger partial charge in [-0.25, -0.2) is 0 Å². The molecule has 0 unspecified atom stereocenters. The number of nitrogens with two attached hydrogens (primary N) is 1. The lowest BCUT2D eigenvalue weighted by Crippen LogP contribution is -2.46. The molecule has 0 aliphatic carbocycles. The number of primary amides is 1. The van der Waals surface area contributed by atoms with E-state index >= 15 is 0 Å². The Morgan fingerprint density at radius 2 is 1.75 bits per heavy atom. The Kier molecular flexibility index (Phi) is 6.90. The van der Waals surface area contributed by atoms with Gasteiger partial charge in [-0.05, 0) is 35.4 Å². The molecule has 0 aliphatic rings. The molecule has 0 radical (unpaired) electrons. The summed E-state index contributed by atoms with van der Waals surface area (Å²) in [4.78, 5) is 23.9. The number of hydrogen-bond acceptors (Lipinski definition) is 3. The Morgan fingerprint density at radius 1 is 1.14 bits per heavy atom. The zero-order valence-corrected chi connectivity index (χ0v) is 15.6. The normalized spacial score (nSPS) is 12.3. The molecule has 150 valence electrons. The second-order valence-corrected chi connectivity index (χ2v) is 6.47. The first-order valence-corrected chi connectivity index (χ1v) is 8.55. The molecule has 2 rings (SSSR count). The fourth-order valence-electron chi connectivity index (χ4n) is 2.54. The minimum Gasteiger partial charge on any atom is -0.495 e. The molecule has 2 aromatic rings. The quantitative estimate of drug-likeness (QED) is 0.730. The molecule has 0 bridgehead atoms. The van der Waals surface area contributed by atoms with Crippen molar-refractivity contribution in [3.8, 4) is 5.75 Å². The highest BCUT2D eigenvalue weighted by Gasteiger charge is 2.30. The Balaban J connectivity index is 2.02. The summed E-state index contributed by atoms with van der Waals surface area (Å²) in [6.45, 7) is 0. The fourth-order valence-corrected chi connectivity index (χ4v) is 2.82. The average molecular weight is 415 g/mol. The number of carbonyl (C=O) groups excluding carboxylic acids is 2. The van der Waals surface area contributed by atoms with Crippen molar-refractivity contribution in [1.29, 1.82) is 0 Å². The van der Waals surface area contributed by atoms with E-state index in [1.807, 2.05) is 0 Å². The summed E-state index contributed by atoms with van der Waals surface area (Å²) in [7, 11) is 1.47. The average Bonchev–Trinajstić information content (AvgIpc) is 2.61. The second-order valence-electron chi connectivity index (χ2n) is 6.07. The molecular weight excluding hydrogens is 397 g/mol. The van der Waals surface area contributed by atoms with E-state index < -0.39 is 29.6 Å². The van der Waals surface area contributed by atoms with E-state index in [0.29, 0.717) is 21.9 Å². The highest BCUT2D eigenvalue weighted by molar-refractivity contribution is 6.32. The molecule has 2 aromatic carbocycles. The van der Waals surface area contributed by atoms with Gasteiger partial charge in [-0.3, -0.25) is 9.59 Å². The van der Waals surface area contributed by atoms with E-state index in [9.17, 15) is 22.8 Å². The molecule has 9 heteroatoms. The summed E-state index contributed by atoms with van der Waals surface area (Å²) in [6, 6.07) is 8.13. The molecule has 0 saturated heterocycles. The first kappa shape index (κ1) is 21.6. The molecule has 0 heterocycles. The number of amides is 2. The van der Waals surface area contributed by atoms with Crippen LogP contribution in [-0.4, -0.2) is 25.0 Å². The maximum Gasteiger partial charge on any atom is 0.416 e. The molecule has 5 nitrogen and oxygen atoms in total. The number of benzene rings is 2. The number of ether oxygens (including phenoxy) is 1. The maximum atomic E-state index is 12.6. The number of hydrogen-bond donors (Lipinski definition) is 2. The fraction of sp³-hybridized carbons (Fsp3) is 0.263. The predicted octanol–water partition coefficient (Wildman–Crippen LogP) is 3.12. The van der Waals surface area contributed by atoms with Crippen molar-refractivity contribution in [1.82, 2.24) is 5.32 Å². The van der Waals surface area contributed by atoms with Crippen molar-refractivity contribution >= 4 is 23.4 Å². The predicted molar refractivity (Wildman–Crippen MR) is 98.0 cm³/mol. The van der Waals surface area contributed by atoms with Gasteiger partial charge in [0.1, 0.15) is 11.8 Å². The third-order valence-electron chi connectivity index (χ3n) is 3.98. The van der Waals surface area contributed by atoms with Crippen molar-refractivity contribution in [2.45, 2.75) is 25.1 Å². The summed E-state index contributed by atoms with van der Waals surface area (Å²) in [6.07, 6.45) is -4.53. The summed E-state index contributed by atoms with van der Waals surface area (Å²) in [5, 5.41) is 2.84. The lowest BCUT2D eigenvalue weighted by Gasteiger charge is -2.16. The van der Waals surface area contributed by atoms with Crippen LogP contribution in [0.25, 0.3) is 0 Å². The SMILES string of the molecule is COc1ccc(C[C@H](NC(=O)Cc2ccc(C(F)(F)F)cc2)C(N)=O)cc1Cl. The van der Waals surface area contributed by atoms with Crippen LogP contribution in [0.1, 0.15) is 16.7 Å². The molecule has 28 heavy (non-hydrogen) atoms. The summed E-state index contributed by atoms with van der Waals surface area (Å²) in [5.41, 5.74) is 5.58. The van der Waals surface area contributed by atoms with Gasteiger partial charge < -0.3 is 15.8 Å². The van der Waals surface area contributed by atoms with Crippen LogP contribution >= 0.6 is 11.6 Å². The second kappa shape index (κ2) is 8.97. The van der Waals surface area contributed by atoms with Crippen LogP contribution in [0.4, 0.5) is 13.2 Å². The van der Waals surface area contributed by atoms with Crippen molar-refractivity contribution in [2.75, 3.05) is 7.11 Å². The lowest BCUT2D eigenvalue weighted by molar-refractivity contribution is -0.137. The minimum absolute atomic E-state index is 0.109. The number of alkyl halides is 3. The van der Waals surface area contributed by atoms with E-state index in [-0.39, 0.29) is 12.8 Å². The van der Waals surface area contributed by atoms with E-state index in [2.05, 4.69) is 5.32 Å². The Labute approximate surface area is 164 Å². The number of rotatable bonds is 7. The Hall–Kier alpha value is -2.74. The molecule has 2 amide bonds. The number of nitrogens with one attached hydrogen (secondary N) is 1. The number of halogens is 4. The van der Waals surface area contributed by atoms with Crippen molar-refractivity contribution in [3.63, 3.8) is 0 Å². The van der Waals surface area contributed by atoms with E-state index in [0.717, 1.165) is 12.1 Å². The molecule has 0 spiro atoms. The summed E-state index contributed by atoms with van der Waals surface area (Å²) >= 11 is 6.04. The largest absolute Gasteiger partial charge is 0.495 e. The van der Waals surface area contributed by atoms with Crippen LogP contribution < -0.4 is 15.8 Å². The zero-order valence-electron chi connectivity index (χ0n) is 14.8. The first-order chi connectivity index (χ1) is 13.1. The van der Waals surface area contributed by atoms with Gasteiger partial charge in [-0.15, -0.1) is 0 Å².